The maximum atomic E-state index is 2.42. The van der Waals surface area contributed by atoms with Gasteiger partial charge in [0.05, 0.1) is 16.7 Å². The molecule has 11 rings (SSSR count). The summed E-state index contributed by atoms with van der Waals surface area (Å²) in [6, 6.07) is 75.4. The molecule has 0 bridgehead atoms. The van der Waals surface area contributed by atoms with E-state index >= 15 is 0 Å². The van der Waals surface area contributed by atoms with E-state index in [1.807, 2.05) is 11.3 Å². The standard InChI is InChI=1S/C56H40N2S/c1-37-38(2)59-56-46(37)21-13-22-48(56)41-26-31-45(32-27-41)57(44-29-24-40(25-30-44)39-14-5-3-6-15-39)54-35-33-47(49-18-9-10-19-50(49)54)42-28-34-55-52(36-42)51-20-11-12-23-53(51)58(55)43-16-7-4-8-17-43/h3-36H,1-2H3. The molecule has 0 aliphatic rings. The molecule has 9 aromatic carbocycles. The lowest BCUT2D eigenvalue weighted by molar-refractivity contribution is 1.18. The third-order valence-corrected chi connectivity index (χ3v) is 13.3. The molecule has 0 atom stereocenters. The van der Waals surface area contributed by atoms with Crippen molar-refractivity contribution in [3.8, 4) is 39.1 Å². The number of aryl methyl sites for hydroxylation is 2. The van der Waals surface area contributed by atoms with Crippen molar-refractivity contribution in [1.82, 2.24) is 4.57 Å². The van der Waals surface area contributed by atoms with Gasteiger partial charge in [0.1, 0.15) is 0 Å². The molecule has 0 saturated carbocycles. The van der Waals surface area contributed by atoms with E-state index in [1.54, 1.807) is 0 Å². The van der Waals surface area contributed by atoms with Crippen molar-refractivity contribution >= 4 is 71.1 Å². The minimum absolute atomic E-state index is 1.11. The Morgan fingerprint density at radius 3 is 1.71 bits per heavy atom. The molecule has 0 spiro atoms. The lowest BCUT2D eigenvalue weighted by atomic mass is 9.95. The first-order chi connectivity index (χ1) is 29.1. The summed E-state index contributed by atoms with van der Waals surface area (Å²) in [4.78, 5) is 3.80. The van der Waals surface area contributed by atoms with E-state index in [-0.39, 0.29) is 0 Å². The van der Waals surface area contributed by atoms with Crippen molar-refractivity contribution in [2.45, 2.75) is 13.8 Å². The van der Waals surface area contributed by atoms with Crippen LogP contribution in [0.25, 0.3) is 81.7 Å². The maximum Gasteiger partial charge on any atom is 0.0541 e. The molecule has 280 valence electrons. The summed E-state index contributed by atoms with van der Waals surface area (Å²) in [6.07, 6.45) is 0. The summed E-state index contributed by atoms with van der Waals surface area (Å²) in [5.74, 6) is 0. The van der Waals surface area contributed by atoms with Gasteiger partial charge in [-0.15, -0.1) is 11.3 Å². The molecule has 0 saturated heterocycles. The van der Waals surface area contributed by atoms with E-state index in [0.717, 1.165) is 17.1 Å². The highest BCUT2D eigenvalue weighted by Gasteiger charge is 2.20. The fraction of sp³-hybridized carbons (Fsp3) is 0.0357. The summed E-state index contributed by atoms with van der Waals surface area (Å²) in [5.41, 5.74) is 15.7. The molecule has 0 aliphatic carbocycles. The fourth-order valence-corrected chi connectivity index (χ4v) is 10.2. The molecule has 0 N–H and O–H groups in total. The largest absolute Gasteiger partial charge is 0.310 e. The Hall–Kier alpha value is -7.20. The van der Waals surface area contributed by atoms with Crippen LogP contribution in [0, 0.1) is 13.8 Å². The highest BCUT2D eigenvalue weighted by atomic mass is 32.1. The van der Waals surface area contributed by atoms with Crippen LogP contribution < -0.4 is 4.90 Å². The number of fused-ring (bicyclic) bond motifs is 5. The Labute approximate surface area is 348 Å². The van der Waals surface area contributed by atoms with Crippen LogP contribution in [0.2, 0.25) is 0 Å². The second-order valence-electron chi connectivity index (χ2n) is 15.4. The lowest BCUT2D eigenvalue weighted by Crippen LogP contribution is -2.10. The minimum atomic E-state index is 1.11. The smallest absolute Gasteiger partial charge is 0.0541 e. The van der Waals surface area contributed by atoms with E-state index in [9.17, 15) is 0 Å². The maximum absolute atomic E-state index is 2.42. The second-order valence-corrected chi connectivity index (χ2v) is 16.6. The van der Waals surface area contributed by atoms with E-state index < -0.39 is 0 Å². The second kappa shape index (κ2) is 14.3. The normalized spacial score (nSPS) is 11.6. The molecule has 11 aromatic rings. The average molecular weight is 773 g/mol. The SMILES string of the molecule is Cc1sc2c(-c3ccc(N(c4ccc(-c5ccccc5)cc4)c4ccc(-c5ccc6c(c5)c5ccccc5n6-c5ccccc5)c5ccccc45)cc3)cccc2c1C. The Kier molecular flexibility index (Phi) is 8.49. The Morgan fingerprint density at radius 2 is 0.966 bits per heavy atom. The minimum Gasteiger partial charge on any atom is -0.310 e. The quantitative estimate of drug-likeness (QED) is 0.157. The zero-order valence-electron chi connectivity index (χ0n) is 32.9. The predicted molar refractivity (Wildman–Crippen MR) is 254 cm³/mol. The summed E-state index contributed by atoms with van der Waals surface area (Å²) < 4.78 is 3.73. The number of aromatic nitrogens is 1. The van der Waals surface area contributed by atoms with Gasteiger partial charge in [0.25, 0.3) is 0 Å². The van der Waals surface area contributed by atoms with Crippen LogP contribution in [0.3, 0.4) is 0 Å². The summed E-state index contributed by atoms with van der Waals surface area (Å²) in [5, 5.41) is 6.26. The first kappa shape index (κ1) is 35.0. The molecule has 59 heavy (non-hydrogen) atoms. The Morgan fingerprint density at radius 1 is 0.390 bits per heavy atom. The fourth-order valence-electron chi connectivity index (χ4n) is 8.97. The van der Waals surface area contributed by atoms with Gasteiger partial charge in [-0.25, -0.2) is 0 Å². The summed E-state index contributed by atoms with van der Waals surface area (Å²) in [6.45, 7) is 4.46. The van der Waals surface area contributed by atoms with Crippen LogP contribution in [0.15, 0.2) is 206 Å². The number of rotatable bonds is 7. The monoisotopic (exact) mass is 772 g/mol. The van der Waals surface area contributed by atoms with Gasteiger partial charge in [0, 0.05) is 42.8 Å². The van der Waals surface area contributed by atoms with Gasteiger partial charge >= 0.3 is 0 Å². The molecular weight excluding hydrogens is 733 g/mol. The number of para-hydroxylation sites is 2. The molecule has 2 aromatic heterocycles. The van der Waals surface area contributed by atoms with Gasteiger partial charge in [0.2, 0.25) is 0 Å². The van der Waals surface area contributed by atoms with E-state index in [1.165, 1.54) is 92.2 Å². The number of anilines is 3. The highest BCUT2D eigenvalue weighted by Crippen LogP contribution is 2.45. The van der Waals surface area contributed by atoms with Gasteiger partial charge in [-0.2, -0.15) is 0 Å². The molecule has 3 heteroatoms. The summed E-state index contributed by atoms with van der Waals surface area (Å²) in [7, 11) is 0. The lowest BCUT2D eigenvalue weighted by Gasteiger charge is -2.28. The van der Waals surface area contributed by atoms with E-state index in [2.05, 4.69) is 230 Å². The highest BCUT2D eigenvalue weighted by molar-refractivity contribution is 7.19. The van der Waals surface area contributed by atoms with Gasteiger partial charge in [-0.3, -0.25) is 0 Å². The van der Waals surface area contributed by atoms with Gasteiger partial charge < -0.3 is 9.47 Å². The molecule has 2 heterocycles. The van der Waals surface area contributed by atoms with Crippen molar-refractivity contribution in [2.75, 3.05) is 4.90 Å². The topological polar surface area (TPSA) is 8.17 Å². The van der Waals surface area contributed by atoms with Gasteiger partial charge in [0.15, 0.2) is 0 Å². The Balaban J connectivity index is 1.06. The molecule has 0 aliphatic heterocycles. The third-order valence-electron chi connectivity index (χ3n) is 12.0. The molecule has 0 amide bonds. The number of hydrogen-bond donors (Lipinski definition) is 0. The van der Waals surface area contributed by atoms with Crippen LogP contribution in [-0.2, 0) is 0 Å². The number of benzene rings is 9. The van der Waals surface area contributed by atoms with Crippen molar-refractivity contribution in [2.24, 2.45) is 0 Å². The van der Waals surface area contributed by atoms with Crippen molar-refractivity contribution < 1.29 is 0 Å². The van der Waals surface area contributed by atoms with Crippen LogP contribution >= 0.6 is 11.3 Å². The Bertz CT molecular complexity index is 3320. The predicted octanol–water partition coefficient (Wildman–Crippen LogP) is 16.2. The molecule has 0 unspecified atom stereocenters. The molecule has 0 fully saturated rings. The average Bonchev–Trinajstić information content (AvgIpc) is 3.79. The van der Waals surface area contributed by atoms with Crippen molar-refractivity contribution in [1.29, 1.82) is 0 Å². The first-order valence-corrected chi connectivity index (χ1v) is 21.1. The van der Waals surface area contributed by atoms with Crippen molar-refractivity contribution in [3.05, 3.63) is 217 Å². The first-order valence-electron chi connectivity index (χ1n) is 20.3. The van der Waals surface area contributed by atoms with Gasteiger partial charge in [-0.05, 0) is 124 Å². The zero-order chi connectivity index (χ0) is 39.5. The molecular formula is C56H40N2S. The molecule has 2 nitrogen and oxygen atoms in total. The van der Waals surface area contributed by atoms with Crippen LogP contribution in [0.5, 0.6) is 0 Å². The molecule has 0 radical (unpaired) electrons. The number of hydrogen-bond acceptors (Lipinski definition) is 2. The van der Waals surface area contributed by atoms with Crippen LogP contribution in [-0.4, -0.2) is 4.57 Å². The van der Waals surface area contributed by atoms with Crippen LogP contribution in [0.1, 0.15) is 10.4 Å². The zero-order valence-corrected chi connectivity index (χ0v) is 33.7. The van der Waals surface area contributed by atoms with Gasteiger partial charge in [-0.1, -0.05) is 146 Å². The summed E-state index contributed by atoms with van der Waals surface area (Å²) >= 11 is 1.89. The third kappa shape index (κ3) is 5.93. The van der Waals surface area contributed by atoms with E-state index in [4.69, 9.17) is 0 Å². The number of thiophene rings is 1. The van der Waals surface area contributed by atoms with Crippen LogP contribution in [0.4, 0.5) is 17.1 Å². The number of nitrogens with zero attached hydrogens (tertiary/aromatic N) is 2. The van der Waals surface area contributed by atoms with E-state index in [0.29, 0.717) is 0 Å². The van der Waals surface area contributed by atoms with Crippen molar-refractivity contribution in [3.63, 3.8) is 0 Å².